The molecule has 1 heterocycles. The molecule has 0 aromatic heterocycles. The molecule has 2 unspecified atom stereocenters. The Morgan fingerprint density at radius 3 is 2.23 bits per heavy atom. The molecular formula is C28H39F3N4O5. The number of halogens is 3. The molecule has 4 amide bonds. The molecule has 9 nitrogen and oxygen atoms in total. The zero-order valence-corrected chi connectivity index (χ0v) is 23.2. The lowest BCUT2D eigenvalue weighted by atomic mass is 9.84. The minimum Gasteiger partial charge on any atom is -0.349 e. The molecule has 0 radical (unpaired) electrons. The Bertz CT molecular complexity index is 1080. The fourth-order valence-corrected chi connectivity index (χ4v) is 5.48. The van der Waals surface area contributed by atoms with Crippen molar-refractivity contribution in [3.63, 3.8) is 0 Å². The molecule has 3 rings (SSSR count). The van der Waals surface area contributed by atoms with Crippen LogP contribution in [0, 0.1) is 34.7 Å². The Morgan fingerprint density at radius 2 is 1.65 bits per heavy atom. The Balaban J connectivity index is 1.62. The first kappa shape index (κ1) is 31.4. The van der Waals surface area contributed by atoms with Crippen LogP contribution in [0.1, 0.15) is 76.1 Å². The third kappa shape index (κ3) is 8.18. The summed E-state index contributed by atoms with van der Waals surface area (Å²) < 4.78 is 40.7. The molecule has 2 aliphatic rings. The molecule has 1 saturated heterocycles. The van der Waals surface area contributed by atoms with E-state index in [1.165, 1.54) is 0 Å². The van der Waals surface area contributed by atoms with Crippen LogP contribution < -0.4 is 10.6 Å². The van der Waals surface area contributed by atoms with E-state index < -0.39 is 58.2 Å². The number of carbonyl (C=O) groups excluding carboxylic acids is 4. The molecule has 2 atom stereocenters. The number of nitrogens with one attached hydrogen (secondary N) is 2. The third-order valence-corrected chi connectivity index (χ3v) is 7.79. The molecule has 12 heteroatoms. The fourth-order valence-electron chi connectivity index (χ4n) is 5.48. The van der Waals surface area contributed by atoms with Crippen molar-refractivity contribution < 1.29 is 37.6 Å². The van der Waals surface area contributed by atoms with Gasteiger partial charge in [0.15, 0.2) is 11.6 Å². The van der Waals surface area contributed by atoms with Crippen molar-refractivity contribution in [1.29, 1.82) is 0 Å². The zero-order valence-electron chi connectivity index (χ0n) is 23.2. The van der Waals surface area contributed by atoms with E-state index in [-0.39, 0.29) is 32.0 Å². The summed E-state index contributed by atoms with van der Waals surface area (Å²) in [4.78, 5) is 52.0. The van der Waals surface area contributed by atoms with E-state index in [1.807, 2.05) is 20.8 Å². The standard InChI is InChI=1S/C28H39F3N4O5/c1-28(2,3)24(33-25(37)18(15-35(40)16-36)12-17-6-4-5-7-17)27(39)34-10-8-19(9-11-34)32-26(38)20-13-22(30)23(31)14-21(20)29/h13-14,16-19,24,40H,4-12,15H2,1-3H3,(H,32,38)(H,33,37). The van der Waals surface area contributed by atoms with Crippen LogP contribution in [0.3, 0.4) is 0 Å². The van der Waals surface area contributed by atoms with Gasteiger partial charge in [0.25, 0.3) is 5.91 Å². The van der Waals surface area contributed by atoms with Crippen LogP contribution in [0.25, 0.3) is 0 Å². The number of benzene rings is 1. The molecule has 1 saturated carbocycles. The van der Waals surface area contributed by atoms with E-state index in [0.29, 0.717) is 42.4 Å². The number of rotatable bonds is 10. The van der Waals surface area contributed by atoms with Crippen molar-refractivity contribution in [3.05, 3.63) is 35.1 Å². The summed E-state index contributed by atoms with van der Waals surface area (Å²) in [5, 5.41) is 15.7. The number of carbonyl (C=O) groups is 4. The first-order valence-electron chi connectivity index (χ1n) is 13.8. The highest BCUT2D eigenvalue weighted by atomic mass is 19.2. The lowest BCUT2D eigenvalue weighted by Gasteiger charge is -2.39. The molecule has 2 fully saturated rings. The van der Waals surface area contributed by atoms with Gasteiger partial charge in [-0.3, -0.25) is 24.4 Å². The highest BCUT2D eigenvalue weighted by Gasteiger charge is 2.39. The predicted molar refractivity (Wildman–Crippen MR) is 139 cm³/mol. The maximum absolute atomic E-state index is 14.0. The second-order valence-electron chi connectivity index (χ2n) is 11.9. The number of hydrogen-bond acceptors (Lipinski definition) is 5. The molecule has 0 spiro atoms. The second kappa shape index (κ2) is 13.5. The molecule has 1 aromatic carbocycles. The van der Waals surface area contributed by atoms with Crippen LogP contribution in [-0.4, -0.2) is 71.0 Å². The molecule has 1 aromatic rings. The SMILES string of the molecule is CC(C)(C)C(NC(=O)C(CC1CCCC1)CN(O)C=O)C(=O)N1CCC(NC(=O)c2cc(F)c(F)cc2F)CC1. The van der Waals surface area contributed by atoms with Gasteiger partial charge in [0.05, 0.1) is 18.0 Å². The number of nitrogens with zero attached hydrogens (tertiary/aromatic N) is 2. The van der Waals surface area contributed by atoms with Gasteiger partial charge in [0.1, 0.15) is 11.9 Å². The van der Waals surface area contributed by atoms with E-state index in [4.69, 9.17) is 0 Å². The lowest BCUT2D eigenvalue weighted by Crippen LogP contribution is -2.58. The number of hydrogen-bond donors (Lipinski definition) is 3. The van der Waals surface area contributed by atoms with Crippen molar-refractivity contribution in [2.24, 2.45) is 17.3 Å². The van der Waals surface area contributed by atoms with Crippen molar-refractivity contribution in [1.82, 2.24) is 20.6 Å². The smallest absolute Gasteiger partial charge is 0.254 e. The van der Waals surface area contributed by atoms with Gasteiger partial charge >= 0.3 is 0 Å². The second-order valence-corrected chi connectivity index (χ2v) is 11.9. The van der Waals surface area contributed by atoms with Crippen molar-refractivity contribution >= 4 is 24.1 Å². The van der Waals surface area contributed by atoms with Crippen LogP contribution in [0.4, 0.5) is 13.2 Å². The summed E-state index contributed by atoms with van der Waals surface area (Å²) in [6.45, 7) is 5.83. The van der Waals surface area contributed by atoms with Crippen LogP contribution in [0.15, 0.2) is 12.1 Å². The van der Waals surface area contributed by atoms with Gasteiger partial charge in [-0.1, -0.05) is 46.5 Å². The average molecular weight is 569 g/mol. The topological polar surface area (TPSA) is 119 Å². The van der Waals surface area contributed by atoms with Crippen LogP contribution in [0.5, 0.6) is 0 Å². The van der Waals surface area contributed by atoms with Crippen molar-refractivity contribution in [2.45, 2.75) is 77.8 Å². The van der Waals surface area contributed by atoms with Gasteiger partial charge in [-0.25, -0.2) is 18.2 Å². The van der Waals surface area contributed by atoms with Gasteiger partial charge in [0.2, 0.25) is 18.2 Å². The number of amides is 4. The lowest BCUT2D eigenvalue weighted by molar-refractivity contribution is -0.156. The maximum atomic E-state index is 14.0. The van der Waals surface area contributed by atoms with E-state index in [2.05, 4.69) is 10.6 Å². The molecule has 222 valence electrons. The highest BCUT2D eigenvalue weighted by molar-refractivity contribution is 5.94. The minimum absolute atomic E-state index is 0.166. The quantitative estimate of drug-likeness (QED) is 0.173. The molecule has 0 bridgehead atoms. The van der Waals surface area contributed by atoms with Gasteiger partial charge < -0.3 is 15.5 Å². The Hall–Kier alpha value is -3.15. The van der Waals surface area contributed by atoms with Gasteiger partial charge in [-0.2, -0.15) is 0 Å². The summed E-state index contributed by atoms with van der Waals surface area (Å²) in [5.41, 5.74) is -1.25. The van der Waals surface area contributed by atoms with Crippen LogP contribution in [-0.2, 0) is 14.4 Å². The third-order valence-electron chi connectivity index (χ3n) is 7.79. The highest BCUT2D eigenvalue weighted by Crippen LogP contribution is 2.31. The van der Waals surface area contributed by atoms with Crippen LogP contribution in [0.2, 0.25) is 0 Å². The Kier molecular flexibility index (Phi) is 10.6. The van der Waals surface area contributed by atoms with E-state index in [9.17, 15) is 37.6 Å². The molecule has 3 N–H and O–H groups in total. The number of piperidine rings is 1. The summed E-state index contributed by atoms with van der Waals surface area (Å²) in [6, 6.07) is -0.458. The first-order chi connectivity index (χ1) is 18.8. The summed E-state index contributed by atoms with van der Waals surface area (Å²) >= 11 is 0. The van der Waals surface area contributed by atoms with Crippen LogP contribution >= 0.6 is 0 Å². The summed E-state index contributed by atoms with van der Waals surface area (Å²) in [5.74, 6) is -5.82. The molecule has 40 heavy (non-hydrogen) atoms. The predicted octanol–water partition coefficient (Wildman–Crippen LogP) is 3.40. The average Bonchev–Trinajstić information content (AvgIpc) is 3.41. The van der Waals surface area contributed by atoms with E-state index >= 15 is 0 Å². The summed E-state index contributed by atoms with van der Waals surface area (Å²) in [7, 11) is 0. The van der Waals surface area contributed by atoms with Gasteiger partial charge in [0, 0.05) is 25.2 Å². The largest absolute Gasteiger partial charge is 0.349 e. The number of likely N-dealkylation sites (tertiary alicyclic amines) is 1. The molecule has 1 aliphatic heterocycles. The van der Waals surface area contributed by atoms with E-state index in [0.717, 1.165) is 25.7 Å². The fraction of sp³-hybridized carbons (Fsp3) is 0.643. The molecule has 1 aliphatic carbocycles. The van der Waals surface area contributed by atoms with E-state index in [1.54, 1.807) is 4.90 Å². The number of hydroxylamine groups is 2. The van der Waals surface area contributed by atoms with Gasteiger partial charge in [-0.15, -0.1) is 0 Å². The zero-order chi connectivity index (χ0) is 29.6. The normalized spacial score (nSPS) is 18.2. The molecular weight excluding hydrogens is 529 g/mol. The monoisotopic (exact) mass is 568 g/mol. The first-order valence-corrected chi connectivity index (χ1v) is 13.8. The summed E-state index contributed by atoms with van der Waals surface area (Å²) in [6.07, 6.45) is 5.55. The van der Waals surface area contributed by atoms with Gasteiger partial charge in [-0.05, 0) is 36.7 Å². The maximum Gasteiger partial charge on any atom is 0.254 e. The Morgan fingerprint density at radius 1 is 1.05 bits per heavy atom. The minimum atomic E-state index is -1.39. The van der Waals surface area contributed by atoms with Crippen molar-refractivity contribution in [2.75, 3.05) is 19.6 Å². The van der Waals surface area contributed by atoms with Crippen molar-refractivity contribution in [3.8, 4) is 0 Å². The Labute approximate surface area is 232 Å².